The molecule has 2 atom stereocenters. The quantitative estimate of drug-likeness (QED) is 0.600. The first-order valence-corrected chi connectivity index (χ1v) is 4.35. The summed E-state index contributed by atoms with van der Waals surface area (Å²) in [6.45, 7) is 1.85. The van der Waals surface area contributed by atoms with E-state index < -0.39 is 0 Å². The molecule has 1 aliphatic rings. The van der Waals surface area contributed by atoms with Gasteiger partial charge in [0.25, 0.3) is 0 Å². The lowest BCUT2D eigenvalue weighted by Crippen LogP contribution is -2.27. The van der Waals surface area contributed by atoms with Crippen LogP contribution in [-0.4, -0.2) is 24.5 Å². The van der Waals surface area contributed by atoms with E-state index in [4.69, 9.17) is 17.3 Å². The highest BCUT2D eigenvalue weighted by Crippen LogP contribution is 2.17. The van der Waals surface area contributed by atoms with Gasteiger partial charge in [-0.15, -0.1) is 11.6 Å². The number of hydrogen-bond donors (Lipinski definition) is 2. The molecule has 1 rings (SSSR count). The molecule has 0 saturated carbocycles. The highest BCUT2D eigenvalue weighted by Gasteiger charge is 2.23. The normalized spacial score (nSPS) is 33.0. The Morgan fingerprint density at radius 3 is 2.90 bits per heavy atom. The van der Waals surface area contributed by atoms with Crippen LogP contribution in [0.4, 0.5) is 0 Å². The average Bonchev–Trinajstić information content (AvgIpc) is 2.31. The summed E-state index contributed by atoms with van der Waals surface area (Å²) in [6.07, 6.45) is 3.32. The topological polar surface area (TPSA) is 38.0 Å². The largest absolute Gasteiger partial charge is 0.330 e. The number of rotatable bonds is 3. The minimum atomic E-state index is 0.339. The Bertz CT molecular complexity index is 97.6. The van der Waals surface area contributed by atoms with Crippen molar-refractivity contribution in [3.8, 4) is 0 Å². The summed E-state index contributed by atoms with van der Waals surface area (Å²) < 4.78 is 0. The van der Waals surface area contributed by atoms with E-state index in [0.29, 0.717) is 11.4 Å². The van der Waals surface area contributed by atoms with E-state index in [1.54, 1.807) is 0 Å². The van der Waals surface area contributed by atoms with Gasteiger partial charge in [-0.05, 0) is 32.4 Å². The molecule has 0 aromatic carbocycles. The minimum absolute atomic E-state index is 0.339. The average molecular weight is 163 g/mol. The summed E-state index contributed by atoms with van der Waals surface area (Å²) in [5.74, 6) is 0. The molecular formula is C7H15ClN2. The lowest BCUT2D eigenvalue weighted by atomic mass is 10.1. The second-order valence-electron chi connectivity index (χ2n) is 2.80. The van der Waals surface area contributed by atoms with Crippen LogP contribution in [0.15, 0.2) is 0 Å². The first kappa shape index (κ1) is 8.31. The Kier molecular flexibility index (Phi) is 3.46. The molecule has 0 bridgehead atoms. The van der Waals surface area contributed by atoms with Crippen LogP contribution in [-0.2, 0) is 0 Å². The van der Waals surface area contributed by atoms with Crippen molar-refractivity contribution in [1.82, 2.24) is 5.32 Å². The van der Waals surface area contributed by atoms with Crippen molar-refractivity contribution in [2.75, 3.05) is 13.1 Å². The molecule has 0 radical (unpaired) electrons. The van der Waals surface area contributed by atoms with Crippen molar-refractivity contribution >= 4 is 11.6 Å². The van der Waals surface area contributed by atoms with E-state index in [1.807, 2.05) is 0 Å². The first-order chi connectivity index (χ1) is 4.84. The summed E-state index contributed by atoms with van der Waals surface area (Å²) >= 11 is 6.01. The Morgan fingerprint density at radius 1 is 1.60 bits per heavy atom. The van der Waals surface area contributed by atoms with Gasteiger partial charge >= 0.3 is 0 Å². The Labute approximate surface area is 67.1 Å². The molecule has 1 fully saturated rings. The summed E-state index contributed by atoms with van der Waals surface area (Å²) in [6, 6.07) is 0.519. The molecule has 2 nitrogen and oxygen atoms in total. The number of alkyl halides is 1. The number of nitrogens with one attached hydrogen (secondary N) is 1. The molecule has 0 amide bonds. The van der Waals surface area contributed by atoms with Gasteiger partial charge in [-0.25, -0.2) is 0 Å². The fourth-order valence-electron chi connectivity index (χ4n) is 1.36. The Balaban J connectivity index is 2.14. The van der Waals surface area contributed by atoms with Gasteiger partial charge in [-0.2, -0.15) is 0 Å². The SMILES string of the molecule is NCCCC1NCCC1Cl. The van der Waals surface area contributed by atoms with Gasteiger partial charge in [0, 0.05) is 6.04 Å². The molecule has 1 aliphatic heterocycles. The molecule has 3 heteroatoms. The molecule has 10 heavy (non-hydrogen) atoms. The Morgan fingerprint density at radius 2 is 2.40 bits per heavy atom. The highest BCUT2D eigenvalue weighted by molar-refractivity contribution is 6.21. The molecule has 2 unspecified atom stereocenters. The summed E-state index contributed by atoms with van der Waals surface area (Å²) in [5, 5.41) is 3.69. The van der Waals surface area contributed by atoms with Gasteiger partial charge in [0.2, 0.25) is 0 Å². The van der Waals surface area contributed by atoms with Crippen LogP contribution >= 0.6 is 11.6 Å². The molecule has 3 N–H and O–H groups in total. The van der Waals surface area contributed by atoms with Gasteiger partial charge in [0.15, 0.2) is 0 Å². The third-order valence-electron chi connectivity index (χ3n) is 1.98. The maximum atomic E-state index is 6.01. The van der Waals surface area contributed by atoms with E-state index in [9.17, 15) is 0 Å². The molecule has 0 aromatic rings. The molecule has 0 aliphatic carbocycles. The maximum Gasteiger partial charge on any atom is 0.0501 e. The second-order valence-corrected chi connectivity index (χ2v) is 3.36. The zero-order chi connectivity index (χ0) is 7.40. The summed E-state index contributed by atoms with van der Waals surface area (Å²) in [5.41, 5.74) is 5.38. The molecule has 1 saturated heterocycles. The van der Waals surface area contributed by atoms with Crippen LogP contribution in [0.1, 0.15) is 19.3 Å². The summed E-state index contributed by atoms with van der Waals surface area (Å²) in [4.78, 5) is 0. The van der Waals surface area contributed by atoms with Gasteiger partial charge in [-0.3, -0.25) is 0 Å². The number of nitrogens with two attached hydrogens (primary N) is 1. The zero-order valence-corrected chi connectivity index (χ0v) is 6.90. The minimum Gasteiger partial charge on any atom is -0.330 e. The molecular weight excluding hydrogens is 148 g/mol. The van der Waals surface area contributed by atoms with Crippen LogP contribution in [0, 0.1) is 0 Å². The van der Waals surface area contributed by atoms with Crippen molar-refractivity contribution < 1.29 is 0 Å². The van der Waals surface area contributed by atoms with Crippen LogP contribution in [0.3, 0.4) is 0 Å². The number of hydrogen-bond acceptors (Lipinski definition) is 2. The molecule has 60 valence electrons. The first-order valence-electron chi connectivity index (χ1n) is 3.92. The molecule has 0 aromatic heterocycles. The van der Waals surface area contributed by atoms with Crippen LogP contribution in [0.5, 0.6) is 0 Å². The van der Waals surface area contributed by atoms with Gasteiger partial charge in [0.05, 0.1) is 5.38 Å². The predicted octanol–water partition coefficient (Wildman–Crippen LogP) is 0.695. The fourth-order valence-corrected chi connectivity index (χ4v) is 1.68. The maximum absolute atomic E-state index is 6.01. The lowest BCUT2D eigenvalue weighted by molar-refractivity contribution is 0.544. The highest BCUT2D eigenvalue weighted by atomic mass is 35.5. The lowest BCUT2D eigenvalue weighted by Gasteiger charge is -2.12. The van der Waals surface area contributed by atoms with Crippen molar-refractivity contribution in [2.24, 2.45) is 5.73 Å². The third kappa shape index (κ3) is 2.11. The van der Waals surface area contributed by atoms with Crippen molar-refractivity contribution in [2.45, 2.75) is 30.7 Å². The predicted molar refractivity (Wildman–Crippen MR) is 44.3 cm³/mol. The van der Waals surface area contributed by atoms with Crippen LogP contribution in [0.25, 0.3) is 0 Å². The van der Waals surface area contributed by atoms with E-state index in [0.717, 1.165) is 32.4 Å². The standard InChI is InChI=1S/C7H15ClN2/c8-6-3-5-10-7(6)2-1-4-9/h6-7,10H,1-5,9H2. The smallest absolute Gasteiger partial charge is 0.0501 e. The van der Waals surface area contributed by atoms with Crippen molar-refractivity contribution in [3.63, 3.8) is 0 Å². The third-order valence-corrected chi connectivity index (χ3v) is 2.50. The van der Waals surface area contributed by atoms with Crippen LogP contribution in [0.2, 0.25) is 0 Å². The monoisotopic (exact) mass is 162 g/mol. The summed E-state index contributed by atoms with van der Waals surface area (Å²) in [7, 11) is 0. The van der Waals surface area contributed by atoms with Gasteiger partial charge in [0.1, 0.15) is 0 Å². The van der Waals surface area contributed by atoms with Crippen molar-refractivity contribution in [1.29, 1.82) is 0 Å². The Hall–Kier alpha value is 0.210. The van der Waals surface area contributed by atoms with Gasteiger partial charge in [-0.1, -0.05) is 0 Å². The van der Waals surface area contributed by atoms with E-state index in [2.05, 4.69) is 5.32 Å². The fraction of sp³-hybridized carbons (Fsp3) is 1.00. The van der Waals surface area contributed by atoms with Crippen molar-refractivity contribution in [3.05, 3.63) is 0 Å². The van der Waals surface area contributed by atoms with E-state index in [-0.39, 0.29) is 0 Å². The molecule has 0 spiro atoms. The van der Waals surface area contributed by atoms with E-state index >= 15 is 0 Å². The number of halogens is 1. The van der Waals surface area contributed by atoms with Gasteiger partial charge < -0.3 is 11.1 Å². The van der Waals surface area contributed by atoms with E-state index in [1.165, 1.54) is 0 Å². The van der Waals surface area contributed by atoms with Crippen LogP contribution < -0.4 is 11.1 Å². The molecule has 1 heterocycles. The zero-order valence-electron chi connectivity index (χ0n) is 6.15. The second kappa shape index (κ2) is 4.16.